The van der Waals surface area contributed by atoms with Crippen molar-refractivity contribution in [3.05, 3.63) is 95.1 Å². The van der Waals surface area contributed by atoms with Gasteiger partial charge in [0.15, 0.2) is 0 Å². The molecule has 0 aliphatic carbocycles. The topological polar surface area (TPSA) is 114 Å². The van der Waals surface area contributed by atoms with Crippen molar-refractivity contribution in [2.24, 2.45) is 0 Å². The fourth-order valence-electron chi connectivity index (χ4n) is 4.98. The van der Waals surface area contributed by atoms with Gasteiger partial charge in [-0.1, -0.05) is 48.5 Å². The maximum absolute atomic E-state index is 13.6. The first kappa shape index (κ1) is 35.5. The van der Waals surface area contributed by atoms with Crippen molar-refractivity contribution in [3.8, 4) is 5.75 Å². The van der Waals surface area contributed by atoms with E-state index < -0.39 is 40.6 Å². The number of rotatable bonds is 12. The zero-order chi connectivity index (χ0) is 31.0. The monoisotopic (exact) mass is 657 g/mol. The number of anilines is 1. The number of ether oxygens (including phenoxy) is 1. The van der Waals surface area contributed by atoms with Crippen LogP contribution in [0.1, 0.15) is 46.8 Å². The lowest BCUT2D eigenvalue weighted by molar-refractivity contribution is -0.137. The minimum absolute atomic E-state index is 0. The second-order valence-electron chi connectivity index (χ2n) is 10.5. The molecule has 0 radical (unpaired) electrons. The first-order valence-electron chi connectivity index (χ1n) is 14.2. The summed E-state index contributed by atoms with van der Waals surface area (Å²) in [5, 5.41) is 17.0. The molecule has 44 heavy (non-hydrogen) atoms. The first-order valence-corrected chi connectivity index (χ1v) is 15.8. The molecule has 1 amide bonds. The molecule has 1 fully saturated rings. The molecule has 0 spiro atoms. The standard InChI is InChI=1S/C31H38F3N3O5S.ClH/c1-2-42-27-18-24(17-26(19-27)37-13-6-7-14-43(37,40)41)30(39)36-28(16-22-9-4-3-5-10-22)29(38)21-35-20-23-11-8-12-25(15-23)31(32,33)34;/h3-5,8-12,15,17-19,28-29,35,38,40-41H,2,6-7,13-14,16,20-21H2,1H3,(H,36,39);1H/t28-,29+;/m0./s1. The summed E-state index contributed by atoms with van der Waals surface area (Å²) in [6.45, 7) is 2.67. The van der Waals surface area contributed by atoms with Crippen LogP contribution in [0.5, 0.6) is 5.75 Å². The quantitative estimate of drug-likeness (QED) is 0.156. The second kappa shape index (κ2) is 15.8. The van der Waals surface area contributed by atoms with Gasteiger partial charge in [-0.3, -0.25) is 18.2 Å². The third-order valence-corrected chi connectivity index (χ3v) is 9.09. The van der Waals surface area contributed by atoms with Crippen molar-refractivity contribution in [2.45, 2.75) is 51.1 Å². The number of carbonyl (C=O) groups excluding carboxylic acids is 1. The van der Waals surface area contributed by atoms with Crippen LogP contribution >= 0.6 is 23.2 Å². The van der Waals surface area contributed by atoms with E-state index in [1.54, 1.807) is 31.2 Å². The van der Waals surface area contributed by atoms with Crippen LogP contribution in [-0.2, 0) is 19.1 Å². The molecule has 13 heteroatoms. The van der Waals surface area contributed by atoms with Gasteiger partial charge in [0.1, 0.15) is 5.75 Å². The Morgan fingerprint density at radius 3 is 2.43 bits per heavy atom. The molecule has 1 aliphatic heterocycles. The Labute approximate surface area is 263 Å². The molecule has 0 bridgehead atoms. The van der Waals surface area contributed by atoms with Gasteiger partial charge in [0.05, 0.1) is 35.8 Å². The summed E-state index contributed by atoms with van der Waals surface area (Å²) in [6, 6.07) is 18.3. The van der Waals surface area contributed by atoms with Crippen LogP contribution in [-0.4, -0.2) is 57.7 Å². The van der Waals surface area contributed by atoms with Crippen LogP contribution in [0.2, 0.25) is 0 Å². The Bertz CT molecular complexity index is 1370. The number of carbonyl (C=O) groups is 1. The number of hydrogen-bond donors (Lipinski definition) is 5. The minimum atomic E-state index is -4.45. The molecule has 1 saturated heterocycles. The zero-order valence-corrected chi connectivity index (χ0v) is 25.9. The molecule has 0 aromatic heterocycles. The summed E-state index contributed by atoms with van der Waals surface area (Å²) in [5.74, 6) is 0.148. The molecule has 5 N–H and O–H groups in total. The summed E-state index contributed by atoms with van der Waals surface area (Å²) in [6.07, 6.45) is -3.78. The van der Waals surface area contributed by atoms with Crippen LogP contribution in [0.3, 0.4) is 0 Å². The number of aliphatic hydroxyl groups excluding tert-OH is 1. The van der Waals surface area contributed by atoms with Gasteiger partial charge in [-0.2, -0.15) is 13.2 Å². The molecule has 4 rings (SSSR count). The van der Waals surface area contributed by atoms with Crippen LogP contribution in [0.25, 0.3) is 0 Å². The SMILES string of the molecule is CCOc1cc(C(=O)N[C@@H](Cc2ccccc2)[C@H](O)CNCc2cccc(C(F)(F)F)c2)cc(N2CCCCS2(O)O)c1.Cl. The number of aliphatic hydroxyl groups is 1. The van der Waals surface area contributed by atoms with E-state index in [1.807, 2.05) is 30.3 Å². The van der Waals surface area contributed by atoms with E-state index in [0.29, 0.717) is 43.0 Å². The van der Waals surface area contributed by atoms with Crippen LogP contribution in [0, 0.1) is 0 Å². The molecule has 1 heterocycles. The van der Waals surface area contributed by atoms with Gasteiger partial charge in [-0.05, 0) is 55.5 Å². The summed E-state index contributed by atoms with van der Waals surface area (Å²) in [4.78, 5) is 13.6. The molecule has 3 aromatic rings. The van der Waals surface area contributed by atoms with E-state index in [2.05, 4.69) is 10.6 Å². The smallest absolute Gasteiger partial charge is 0.416 e. The number of alkyl halides is 3. The summed E-state index contributed by atoms with van der Waals surface area (Å²) in [5.41, 5.74) is 1.22. The van der Waals surface area contributed by atoms with E-state index in [1.165, 1.54) is 10.4 Å². The van der Waals surface area contributed by atoms with Gasteiger partial charge in [-0.25, -0.2) is 0 Å². The van der Waals surface area contributed by atoms with Crippen molar-refractivity contribution in [1.82, 2.24) is 10.6 Å². The summed E-state index contributed by atoms with van der Waals surface area (Å²) >= 11 is 0. The highest BCUT2D eigenvalue weighted by atomic mass is 35.5. The van der Waals surface area contributed by atoms with E-state index >= 15 is 0 Å². The molecule has 0 saturated carbocycles. The normalized spacial score (nSPS) is 16.8. The average molecular weight is 658 g/mol. The van der Waals surface area contributed by atoms with Gasteiger partial charge in [0, 0.05) is 31.3 Å². The van der Waals surface area contributed by atoms with Crippen molar-refractivity contribution < 1.29 is 36.9 Å². The molecule has 242 valence electrons. The molecule has 8 nitrogen and oxygen atoms in total. The molecule has 2 atom stereocenters. The van der Waals surface area contributed by atoms with Gasteiger partial charge in [0.2, 0.25) is 0 Å². The van der Waals surface area contributed by atoms with Crippen LogP contribution < -0.4 is 19.7 Å². The highest BCUT2D eigenvalue weighted by molar-refractivity contribution is 8.25. The van der Waals surface area contributed by atoms with Crippen molar-refractivity contribution in [1.29, 1.82) is 0 Å². The second-order valence-corrected chi connectivity index (χ2v) is 12.6. The summed E-state index contributed by atoms with van der Waals surface area (Å²) < 4.78 is 67.8. The molecular weight excluding hydrogens is 619 g/mol. The Balaban J connectivity index is 0.00000529. The maximum Gasteiger partial charge on any atom is 0.416 e. The van der Waals surface area contributed by atoms with Crippen LogP contribution in [0.15, 0.2) is 72.8 Å². The van der Waals surface area contributed by atoms with E-state index in [9.17, 15) is 32.2 Å². The molecule has 3 aromatic carbocycles. The minimum Gasteiger partial charge on any atom is -0.494 e. The predicted molar refractivity (Wildman–Crippen MR) is 170 cm³/mol. The highest BCUT2D eigenvalue weighted by Crippen LogP contribution is 2.50. The number of benzene rings is 3. The third kappa shape index (κ3) is 9.75. The van der Waals surface area contributed by atoms with Crippen LogP contribution in [0.4, 0.5) is 18.9 Å². The Kier molecular flexibility index (Phi) is 12.8. The Morgan fingerprint density at radius 1 is 1.02 bits per heavy atom. The lowest BCUT2D eigenvalue weighted by Gasteiger charge is -2.47. The molecule has 1 aliphatic rings. The number of halogens is 4. The number of nitrogens with zero attached hydrogens (tertiary/aromatic N) is 1. The van der Waals surface area contributed by atoms with E-state index in [4.69, 9.17) is 4.74 Å². The van der Waals surface area contributed by atoms with Gasteiger partial charge in [0.25, 0.3) is 5.91 Å². The Hall–Kier alpha value is -3.00. The predicted octanol–water partition coefficient (Wildman–Crippen LogP) is 6.28. The largest absolute Gasteiger partial charge is 0.494 e. The lowest BCUT2D eigenvalue weighted by Crippen LogP contribution is -2.48. The van der Waals surface area contributed by atoms with Crippen molar-refractivity contribution in [2.75, 3.05) is 29.8 Å². The van der Waals surface area contributed by atoms with Crippen molar-refractivity contribution >= 4 is 34.8 Å². The number of amides is 1. The number of nitrogens with one attached hydrogen (secondary N) is 2. The van der Waals surface area contributed by atoms with Gasteiger partial charge >= 0.3 is 6.18 Å². The number of hydrogen-bond acceptors (Lipinski definition) is 7. The average Bonchev–Trinajstić information content (AvgIpc) is 2.97. The first-order chi connectivity index (χ1) is 20.5. The fraction of sp³-hybridized carbons (Fsp3) is 0.387. The van der Waals surface area contributed by atoms with Gasteiger partial charge in [-0.15, -0.1) is 23.2 Å². The summed E-state index contributed by atoms with van der Waals surface area (Å²) in [7, 11) is -3.04. The fourth-order valence-corrected chi connectivity index (χ4v) is 6.66. The van der Waals surface area contributed by atoms with E-state index in [-0.39, 0.29) is 36.8 Å². The molecular formula is C31H39ClF3N3O5S. The highest BCUT2D eigenvalue weighted by Gasteiger charge is 2.31. The molecule has 0 unspecified atom stereocenters. The zero-order valence-electron chi connectivity index (χ0n) is 24.3. The van der Waals surface area contributed by atoms with Gasteiger partial charge < -0.3 is 20.5 Å². The maximum atomic E-state index is 13.6. The van der Waals surface area contributed by atoms with Crippen molar-refractivity contribution in [3.63, 3.8) is 0 Å². The van der Waals surface area contributed by atoms with E-state index in [0.717, 1.165) is 24.1 Å². The Morgan fingerprint density at radius 2 is 1.75 bits per heavy atom. The third-order valence-electron chi connectivity index (χ3n) is 7.15. The lowest BCUT2D eigenvalue weighted by atomic mass is 10.00.